The molecule has 0 unspecified atom stereocenters. The molecule has 1 amide bonds. The summed E-state index contributed by atoms with van der Waals surface area (Å²) in [7, 11) is 0. The number of hydrogen-bond acceptors (Lipinski definition) is 3. The number of thiazole rings is 1. The Kier molecular flexibility index (Phi) is 4.28. The average Bonchev–Trinajstić information content (AvgIpc) is 2.88. The van der Waals surface area contributed by atoms with Gasteiger partial charge >= 0.3 is 0 Å². The van der Waals surface area contributed by atoms with Crippen LogP contribution in [0, 0.1) is 18.3 Å². The molecule has 0 fully saturated rings. The summed E-state index contributed by atoms with van der Waals surface area (Å²) >= 11 is 1.64. The summed E-state index contributed by atoms with van der Waals surface area (Å²) < 4.78 is 0. The minimum atomic E-state index is -0.0801. The van der Waals surface area contributed by atoms with Gasteiger partial charge in [-0.1, -0.05) is 38.5 Å². The number of anilines is 1. The molecule has 4 heteroatoms. The normalized spacial score (nSPS) is 17.7. The number of carbonyl (C=O) groups is 1. The molecule has 3 nitrogen and oxygen atoms in total. The topological polar surface area (TPSA) is 42.0 Å². The number of fused-ring (bicyclic) bond motifs is 1. The third-order valence-electron chi connectivity index (χ3n) is 4.70. The van der Waals surface area contributed by atoms with Gasteiger partial charge in [0.25, 0.3) is 5.91 Å². The van der Waals surface area contributed by atoms with Crippen LogP contribution in [-0.4, -0.2) is 10.9 Å². The smallest absolute Gasteiger partial charge is 0.257 e. The number of nitrogens with one attached hydrogen (secondary N) is 1. The Hall–Kier alpha value is -1.68. The van der Waals surface area contributed by atoms with Crippen LogP contribution in [0.4, 0.5) is 5.13 Å². The lowest BCUT2D eigenvalue weighted by Gasteiger charge is -2.33. The van der Waals surface area contributed by atoms with Crippen LogP contribution >= 0.6 is 11.3 Å². The summed E-state index contributed by atoms with van der Waals surface area (Å²) in [6.45, 7) is 8.94. The minimum Gasteiger partial charge on any atom is -0.298 e. The molecule has 122 valence electrons. The first-order valence-corrected chi connectivity index (χ1v) is 9.01. The summed E-state index contributed by atoms with van der Waals surface area (Å²) in [5, 5.41) is 3.69. The van der Waals surface area contributed by atoms with Crippen LogP contribution in [0.3, 0.4) is 0 Å². The summed E-state index contributed by atoms with van der Waals surface area (Å²) in [6.07, 6.45) is 3.29. The third kappa shape index (κ3) is 3.63. The minimum absolute atomic E-state index is 0.0801. The van der Waals surface area contributed by atoms with E-state index in [-0.39, 0.29) is 5.91 Å². The molecule has 1 heterocycles. The van der Waals surface area contributed by atoms with E-state index < -0.39 is 0 Å². The molecule has 1 aliphatic rings. The van der Waals surface area contributed by atoms with Crippen molar-refractivity contribution in [3.05, 3.63) is 46.0 Å². The van der Waals surface area contributed by atoms with E-state index in [0.717, 1.165) is 23.5 Å². The molecule has 0 radical (unpaired) electrons. The fourth-order valence-corrected chi connectivity index (χ4v) is 4.12. The second-order valence-corrected chi connectivity index (χ2v) is 8.60. The lowest BCUT2D eigenvalue weighted by molar-refractivity contribution is 0.102. The fourth-order valence-electron chi connectivity index (χ4n) is 3.04. The second-order valence-electron chi connectivity index (χ2n) is 7.51. The fraction of sp³-hybridized carbons (Fsp3) is 0.474. The first-order valence-electron chi connectivity index (χ1n) is 8.19. The van der Waals surface area contributed by atoms with Gasteiger partial charge in [-0.15, -0.1) is 11.3 Å². The van der Waals surface area contributed by atoms with E-state index in [1.165, 1.54) is 17.0 Å². The van der Waals surface area contributed by atoms with Crippen molar-refractivity contribution < 1.29 is 4.79 Å². The Labute approximate surface area is 142 Å². The van der Waals surface area contributed by atoms with Gasteiger partial charge in [0.1, 0.15) is 0 Å². The van der Waals surface area contributed by atoms with E-state index in [1.807, 2.05) is 31.2 Å². The number of benzene rings is 1. The highest BCUT2D eigenvalue weighted by atomic mass is 32.1. The summed E-state index contributed by atoms with van der Waals surface area (Å²) in [6, 6.07) is 7.62. The molecule has 1 aromatic carbocycles. The Morgan fingerprint density at radius 3 is 2.61 bits per heavy atom. The highest BCUT2D eigenvalue weighted by Crippen LogP contribution is 2.40. The van der Waals surface area contributed by atoms with Gasteiger partial charge in [0.15, 0.2) is 5.13 Å². The highest BCUT2D eigenvalue weighted by molar-refractivity contribution is 7.15. The van der Waals surface area contributed by atoms with Gasteiger partial charge < -0.3 is 0 Å². The highest BCUT2D eigenvalue weighted by Gasteiger charge is 2.30. The van der Waals surface area contributed by atoms with Gasteiger partial charge in [0.05, 0.1) is 5.69 Å². The Bertz CT molecular complexity index is 710. The van der Waals surface area contributed by atoms with Crippen molar-refractivity contribution in [1.29, 1.82) is 0 Å². The molecule has 0 saturated carbocycles. The van der Waals surface area contributed by atoms with Gasteiger partial charge in [-0.05, 0) is 49.7 Å². The first-order chi connectivity index (χ1) is 10.8. The van der Waals surface area contributed by atoms with Gasteiger partial charge in [0.2, 0.25) is 0 Å². The quantitative estimate of drug-likeness (QED) is 0.856. The lowest BCUT2D eigenvalue weighted by atomic mass is 9.73. The summed E-state index contributed by atoms with van der Waals surface area (Å²) in [4.78, 5) is 18.3. The van der Waals surface area contributed by atoms with Crippen molar-refractivity contribution in [3.8, 4) is 0 Å². The number of rotatable bonds is 2. The summed E-state index contributed by atoms with van der Waals surface area (Å²) in [5.74, 6) is 0.611. The molecule has 1 aliphatic carbocycles. The average molecular weight is 328 g/mol. The van der Waals surface area contributed by atoms with Crippen LogP contribution in [0.2, 0.25) is 0 Å². The maximum Gasteiger partial charge on any atom is 0.257 e. The van der Waals surface area contributed by atoms with E-state index in [0.29, 0.717) is 16.9 Å². The number of carbonyl (C=O) groups excluding carboxylic acids is 1. The number of aryl methyl sites for hydroxylation is 2. The maximum atomic E-state index is 12.3. The molecule has 2 aromatic rings. The van der Waals surface area contributed by atoms with Crippen LogP contribution in [0.25, 0.3) is 0 Å². The van der Waals surface area contributed by atoms with Crippen LogP contribution in [0.15, 0.2) is 24.3 Å². The Balaban J connectivity index is 1.72. The number of aromatic nitrogens is 1. The lowest BCUT2D eigenvalue weighted by Crippen LogP contribution is -2.26. The molecule has 1 aromatic heterocycles. The van der Waals surface area contributed by atoms with Crippen molar-refractivity contribution in [2.24, 2.45) is 11.3 Å². The molecule has 1 atom stereocenters. The number of hydrogen-bond donors (Lipinski definition) is 1. The van der Waals surface area contributed by atoms with E-state index in [2.05, 4.69) is 31.1 Å². The number of nitrogens with zero attached hydrogens (tertiary/aromatic N) is 1. The molecular formula is C19H24N2OS. The van der Waals surface area contributed by atoms with Gasteiger partial charge in [-0.2, -0.15) is 0 Å². The second kappa shape index (κ2) is 6.08. The Morgan fingerprint density at radius 1 is 1.26 bits per heavy atom. The zero-order valence-electron chi connectivity index (χ0n) is 14.3. The Morgan fingerprint density at radius 2 is 1.96 bits per heavy atom. The van der Waals surface area contributed by atoms with Gasteiger partial charge in [-0.25, -0.2) is 4.98 Å². The standard InChI is InChI=1S/C19H24N2OS/c1-12-5-7-13(8-6-12)17(22)21-18-20-15-10-9-14(19(2,3)4)11-16(15)23-18/h5-8,14H,9-11H2,1-4H3,(H,20,21,22)/t14-/m0/s1. The molecule has 3 rings (SSSR count). The maximum absolute atomic E-state index is 12.3. The van der Waals surface area contributed by atoms with Crippen molar-refractivity contribution in [1.82, 2.24) is 4.98 Å². The van der Waals surface area contributed by atoms with Crippen LogP contribution in [0.5, 0.6) is 0 Å². The SMILES string of the molecule is Cc1ccc(C(=O)Nc2nc3c(s2)C[C@@H](C(C)(C)C)CC3)cc1. The largest absolute Gasteiger partial charge is 0.298 e. The van der Waals surface area contributed by atoms with E-state index in [4.69, 9.17) is 0 Å². The van der Waals surface area contributed by atoms with Crippen molar-refractivity contribution in [3.63, 3.8) is 0 Å². The van der Waals surface area contributed by atoms with E-state index in [1.54, 1.807) is 11.3 Å². The third-order valence-corrected chi connectivity index (χ3v) is 5.73. The number of amides is 1. The molecule has 0 spiro atoms. The monoisotopic (exact) mass is 328 g/mol. The van der Waals surface area contributed by atoms with E-state index in [9.17, 15) is 4.79 Å². The summed E-state index contributed by atoms with van der Waals surface area (Å²) in [5.41, 5.74) is 3.33. The van der Waals surface area contributed by atoms with Crippen LogP contribution < -0.4 is 5.32 Å². The van der Waals surface area contributed by atoms with Gasteiger partial charge in [0, 0.05) is 10.4 Å². The van der Waals surface area contributed by atoms with Crippen molar-refractivity contribution in [2.75, 3.05) is 5.32 Å². The zero-order chi connectivity index (χ0) is 16.6. The van der Waals surface area contributed by atoms with Crippen molar-refractivity contribution >= 4 is 22.4 Å². The molecule has 23 heavy (non-hydrogen) atoms. The first kappa shape index (κ1) is 16.2. The predicted molar refractivity (Wildman–Crippen MR) is 96.2 cm³/mol. The van der Waals surface area contributed by atoms with Crippen molar-refractivity contribution in [2.45, 2.75) is 47.0 Å². The van der Waals surface area contributed by atoms with E-state index >= 15 is 0 Å². The molecule has 0 saturated heterocycles. The van der Waals surface area contributed by atoms with Crippen LogP contribution in [0.1, 0.15) is 53.7 Å². The molecule has 0 bridgehead atoms. The molecule has 0 aliphatic heterocycles. The molecular weight excluding hydrogens is 304 g/mol. The van der Waals surface area contributed by atoms with Crippen LogP contribution in [-0.2, 0) is 12.8 Å². The zero-order valence-corrected chi connectivity index (χ0v) is 15.1. The predicted octanol–water partition coefficient (Wildman–Crippen LogP) is 4.85. The molecule has 1 N–H and O–H groups in total. The van der Waals surface area contributed by atoms with Gasteiger partial charge in [-0.3, -0.25) is 10.1 Å².